The molecule has 2 fully saturated rings. The number of morpholine rings is 1. The van der Waals surface area contributed by atoms with Gasteiger partial charge < -0.3 is 25.2 Å². The molecule has 0 aliphatic carbocycles. The SMILES string of the molecule is CC(C)c1nc(C(=O)N2CCOC3(CCN(Cc4ccc(F)c(CCNC[C@H](O)c5ccc(O)c6ncsc56)c4)CC3)C2)cs1. The van der Waals surface area contributed by atoms with E-state index in [2.05, 4.69) is 34.0 Å². The van der Waals surface area contributed by atoms with E-state index in [-0.39, 0.29) is 23.1 Å². The second-order valence-electron chi connectivity index (χ2n) is 12.4. The fourth-order valence-corrected chi connectivity index (χ4v) is 7.90. The van der Waals surface area contributed by atoms with Crippen LogP contribution in [0.25, 0.3) is 10.2 Å². The maximum absolute atomic E-state index is 14.7. The van der Waals surface area contributed by atoms with Gasteiger partial charge in [-0.25, -0.2) is 14.4 Å². The highest BCUT2D eigenvalue weighted by Gasteiger charge is 2.41. The first-order valence-electron chi connectivity index (χ1n) is 15.5. The average Bonchev–Trinajstić information content (AvgIpc) is 3.74. The fraction of sp³-hybridized carbons (Fsp3) is 0.485. The maximum atomic E-state index is 14.7. The first-order chi connectivity index (χ1) is 21.7. The van der Waals surface area contributed by atoms with Crippen LogP contribution in [0.15, 0.2) is 41.2 Å². The van der Waals surface area contributed by atoms with E-state index in [0.29, 0.717) is 67.5 Å². The molecule has 1 atom stereocenters. The normalized spacial score (nSPS) is 17.8. The minimum Gasteiger partial charge on any atom is -0.506 e. The van der Waals surface area contributed by atoms with Crippen molar-refractivity contribution in [3.8, 4) is 5.75 Å². The van der Waals surface area contributed by atoms with Gasteiger partial charge in [0.25, 0.3) is 5.91 Å². The summed E-state index contributed by atoms with van der Waals surface area (Å²) in [5.41, 5.74) is 4.76. The number of fused-ring (bicyclic) bond motifs is 1. The predicted octanol–water partition coefficient (Wildman–Crippen LogP) is 5.09. The molecule has 6 rings (SSSR count). The molecule has 2 aromatic heterocycles. The number of carbonyl (C=O) groups is 1. The first kappa shape index (κ1) is 32.0. The third-order valence-corrected chi connectivity index (χ3v) is 10.8. The molecule has 0 unspecified atom stereocenters. The number of amides is 1. The Labute approximate surface area is 270 Å². The Bertz CT molecular complexity index is 1630. The van der Waals surface area contributed by atoms with E-state index in [1.54, 1.807) is 35.0 Å². The van der Waals surface area contributed by atoms with Crippen LogP contribution in [0.4, 0.5) is 4.39 Å². The number of nitrogens with one attached hydrogen (secondary N) is 1. The van der Waals surface area contributed by atoms with Crippen molar-refractivity contribution in [2.24, 2.45) is 0 Å². The Morgan fingerprint density at radius 3 is 2.78 bits per heavy atom. The van der Waals surface area contributed by atoms with Gasteiger partial charge in [0.15, 0.2) is 0 Å². The summed E-state index contributed by atoms with van der Waals surface area (Å²) in [5, 5.41) is 26.8. The van der Waals surface area contributed by atoms with Crippen molar-refractivity contribution in [1.29, 1.82) is 0 Å². The molecule has 2 aromatic carbocycles. The third kappa shape index (κ3) is 7.21. The van der Waals surface area contributed by atoms with Crippen LogP contribution in [0.1, 0.15) is 70.9 Å². The molecule has 2 aliphatic heterocycles. The molecule has 0 radical (unpaired) electrons. The van der Waals surface area contributed by atoms with Gasteiger partial charge in [-0.3, -0.25) is 9.69 Å². The molecule has 2 saturated heterocycles. The number of aromatic hydroxyl groups is 1. The number of hydrogen-bond acceptors (Lipinski definition) is 10. The van der Waals surface area contributed by atoms with Gasteiger partial charge in [0.05, 0.1) is 40.1 Å². The average molecular weight is 654 g/mol. The molecule has 9 nitrogen and oxygen atoms in total. The van der Waals surface area contributed by atoms with Gasteiger partial charge in [-0.2, -0.15) is 0 Å². The van der Waals surface area contributed by atoms with E-state index in [1.165, 1.54) is 11.3 Å². The van der Waals surface area contributed by atoms with Crippen LogP contribution < -0.4 is 5.32 Å². The quantitative estimate of drug-likeness (QED) is 0.203. The molecule has 45 heavy (non-hydrogen) atoms. The van der Waals surface area contributed by atoms with Crippen LogP contribution in [0.3, 0.4) is 0 Å². The zero-order chi connectivity index (χ0) is 31.6. The summed E-state index contributed by atoms with van der Waals surface area (Å²) < 4.78 is 21.8. The molecule has 0 bridgehead atoms. The Hall–Kier alpha value is -3.00. The highest BCUT2D eigenvalue weighted by Crippen LogP contribution is 2.34. The van der Waals surface area contributed by atoms with Crippen molar-refractivity contribution in [3.63, 3.8) is 0 Å². The van der Waals surface area contributed by atoms with Gasteiger partial charge in [0.2, 0.25) is 0 Å². The van der Waals surface area contributed by atoms with Crippen molar-refractivity contribution in [2.45, 2.75) is 57.3 Å². The second kappa shape index (κ2) is 13.8. The summed E-state index contributed by atoms with van der Waals surface area (Å²) in [6.07, 6.45) is 1.40. The monoisotopic (exact) mass is 653 g/mol. The van der Waals surface area contributed by atoms with E-state index in [9.17, 15) is 19.4 Å². The number of nitrogens with zero attached hydrogens (tertiary/aromatic N) is 4. The highest BCUT2D eigenvalue weighted by molar-refractivity contribution is 7.17. The molecule has 2 aliphatic rings. The molecule has 4 aromatic rings. The number of benzene rings is 2. The summed E-state index contributed by atoms with van der Waals surface area (Å²) in [7, 11) is 0. The van der Waals surface area contributed by atoms with Crippen LogP contribution in [0.5, 0.6) is 5.75 Å². The van der Waals surface area contributed by atoms with Crippen molar-refractivity contribution < 1.29 is 24.1 Å². The van der Waals surface area contributed by atoms with Gasteiger partial charge in [0.1, 0.15) is 22.8 Å². The number of carbonyl (C=O) groups excluding carboxylic acids is 1. The van der Waals surface area contributed by atoms with Crippen molar-refractivity contribution >= 4 is 38.8 Å². The number of halogens is 1. The number of piperidine rings is 1. The summed E-state index contributed by atoms with van der Waals surface area (Å²) >= 11 is 2.93. The smallest absolute Gasteiger partial charge is 0.273 e. The van der Waals surface area contributed by atoms with Crippen molar-refractivity contribution in [2.75, 3.05) is 45.9 Å². The van der Waals surface area contributed by atoms with Crippen LogP contribution in [0.2, 0.25) is 0 Å². The molecular weight excluding hydrogens is 614 g/mol. The van der Waals surface area contributed by atoms with E-state index in [0.717, 1.165) is 47.7 Å². The minimum atomic E-state index is -0.768. The molecular formula is C33H40FN5O4S2. The number of likely N-dealkylation sites (tertiary alicyclic amines) is 1. The lowest BCUT2D eigenvalue weighted by atomic mass is 9.89. The number of aliphatic hydroxyl groups excluding tert-OH is 1. The lowest BCUT2D eigenvalue weighted by molar-refractivity contribution is -0.128. The molecule has 1 spiro atoms. The van der Waals surface area contributed by atoms with E-state index >= 15 is 0 Å². The van der Waals surface area contributed by atoms with Crippen LogP contribution >= 0.6 is 22.7 Å². The van der Waals surface area contributed by atoms with Crippen LogP contribution in [0, 0.1) is 5.82 Å². The Morgan fingerprint density at radius 2 is 2.00 bits per heavy atom. The van der Waals surface area contributed by atoms with Crippen LogP contribution in [-0.2, 0) is 17.7 Å². The zero-order valence-electron chi connectivity index (χ0n) is 25.7. The van der Waals surface area contributed by atoms with Gasteiger partial charge in [-0.15, -0.1) is 22.7 Å². The number of aliphatic hydroxyl groups is 1. The number of phenolic OH excluding ortho intramolecular Hbond substituents is 1. The standard InChI is InChI=1S/C33H40FN5O4S2/c1-21(2)31-37-26(18-44-31)32(42)39-13-14-43-33(19-39)8-11-38(12-9-33)17-22-3-5-25(34)23(15-22)7-10-35-16-28(41)24-4-6-27(40)29-30(24)45-20-36-29/h3-6,15,18,20-21,28,35,40-41H,7-14,16-17,19H2,1-2H3/t28-/m0/s1. The van der Waals surface area contributed by atoms with Gasteiger partial charge in [-0.1, -0.05) is 32.0 Å². The molecule has 1 amide bonds. The lowest BCUT2D eigenvalue weighted by Crippen LogP contribution is -2.58. The molecule has 240 valence electrons. The summed E-state index contributed by atoms with van der Waals surface area (Å²) in [4.78, 5) is 26.2. The number of rotatable bonds is 10. The zero-order valence-corrected chi connectivity index (χ0v) is 27.3. The molecule has 4 heterocycles. The van der Waals surface area contributed by atoms with E-state index < -0.39 is 6.10 Å². The van der Waals surface area contributed by atoms with E-state index in [1.807, 2.05) is 22.4 Å². The topological polar surface area (TPSA) is 111 Å². The Balaban J connectivity index is 0.984. The number of thiazole rings is 2. The summed E-state index contributed by atoms with van der Waals surface area (Å²) in [6, 6.07) is 8.60. The van der Waals surface area contributed by atoms with E-state index in [4.69, 9.17) is 4.74 Å². The Kier molecular flexibility index (Phi) is 9.79. The number of ether oxygens (including phenoxy) is 1. The highest BCUT2D eigenvalue weighted by atomic mass is 32.1. The Morgan fingerprint density at radius 1 is 1.18 bits per heavy atom. The largest absolute Gasteiger partial charge is 0.506 e. The third-order valence-electron chi connectivity index (χ3n) is 8.82. The van der Waals surface area contributed by atoms with Gasteiger partial charge in [0, 0.05) is 49.6 Å². The fourth-order valence-electron chi connectivity index (χ4n) is 6.22. The van der Waals surface area contributed by atoms with Crippen molar-refractivity contribution in [1.82, 2.24) is 25.1 Å². The lowest BCUT2D eigenvalue weighted by Gasteiger charge is -2.47. The summed E-state index contributed by atoms with van der Waals surface area (Å²) in [5.74, 6) is 0.161. The van der Waals surface area contributed by atoms with Gasteiger partial charge in [-0.05, 0) is 49.1 Å². The second-order valence-corrected chi connectivity index (χ2v) is 14.1. The number of hydrogen-bond donors (Lipinski definition) is 3. The summed E-state index contributed by atoms with van der Waals surface area (Å²) in [6.45, 7) is 9.09. The molecule has 3 N–H and O–H groups in total. The number of phenols is 1. The van der Waals surface area contributed by atoms with Gasteiger partial charge >= 0.3 is 0 Å². The maximum Gasteiger partial charge on any atom is 0.273 e. The number of aromatic nitrogens is 2. The molecule has 0 saturated carbocycles. The minimum absolute atomic E-state index is 0.0106. The van der Waals surface area contributed by atoms with Crippen LogP contribution in [-0.4, -0.2) is 87.4 Å². The van der Waals surface area contributed by atoms with Crippen molar-refractivity contribution in [3.05, 3.63) is 74.4 Å². The molecule has 12 heteroatoms. The first-order valence-corrected chi connectivity index (χ1v) is 17.3. The predicted molar refractivity (Wildman–Crippen MR) is 175 cm³/mol.